The molecule has 2 rings (SSSR count). The number of hydrogen-bond donors (Lipinski definition) is 2. The van der Waals surface area contributed by atoms with Gasteiger partial charge in [0, 0.05) is 30.7 Å². The van der Waals surface area contributed by atoms with Crippen molar-refractivity contribution in [2.45, 2.75) is 38.6 Å². The molecular weight excluding hydrogens is 248 g/mol. The molecule has 0 radical (unpaired) electrons. The van der Waals surface area contributed by atoms with E-state index in [1.165, 1.54) is 12.5 Å². The van der Waals surface area contributed by atoms with Crippen LogP contribution in [0.1, 0.15) is 37.7 Å². The normalized spacial score (nSPS) is 18.5. The van der Waals surface area contributed by atoms with E-state index in [0.29, 0.717) is 18.7 Å². The fourth-order valence-corrected chi connectivity index (χ4v) is 2.83. The number of halogens is 2. The molecule has 19 heavy (non-hydrogen) atoms. The van der Waals surface area contributed by atoms with Crippen LogP contribution in [0.2, 0.25) is 0 Å². The number of benzene rings is 1. The van der Waals surface area contributed by atoms with Crippen LogP contribution in [0.4, 0.5) is 8.78 Å². The summed E-state index contributed by atoms with van der Waals surface area (Å²) in [6.45, 7) is 1.11. The molecule has 1 saturated carbocycles. The average molecular weight is 269 g/mol. The van der Waals surface area contributed by atoms with Crippen molar-refractivity contribution in [1.29, 1.82) is 0 Å². The lowest BCUT2D eigenvalue weighted by Crippen LogP contribution is -2.38. The Balaban J connectivity index is 1.90. The van der Waals surface area contributed by atoms with E-state index < -0.39 is 11.6 Å². The zero-order chi connectivity index (χ0) is 13.7. The third-order valence-electron chi connectivity index (χ3n) is 4.07. The maximum absolute atomic E-state index is 13.5. The van der Waals surface area contributed by atoms with E-state index in [1.54, 1.807) is 0 Å². The third-order valence-corrected chi connectivity index (χ3v) is 4.07. The first kappa shape index (κ1) is 14.4. The highest BCUT2D eigenvalue weighted by atomic mass is 19.1. The maximum Gasteiger partial charge on any atom is 0.127 e. The fraction of sp³-hybridized carbons (Fsp3) is 0.600. The smallest absolute Gasteiger partial charge is 0.127 e. The Bertz CT molecular complexity index is 417. The van der Waals surface area contributed by atoms with Gasteiger partial charge in [-0.1, -0.05) is 19.3 Å². The molecule has 1 aliphatic carbocycles. The van der Waals surface area contributed by atoms with E-state index in [2.05, 4.69) is 5.32 Å². The average Bonchev–Trinajstić information content (AvgIpc) is 2.44. The van der Waals surface area contributed by atoms with Crippen molar-refractivity contribution < 1.29 is 13.9 Å². The first-order valence-corrected chi connectivity index (χ1v) is 6.91. The second kappa shape index (κ2) is 6.44. The van der Waals surface area contributed by atoms with E-state index in [-0.39, 0.29) is 12.0 Å². The van der Waals surface area contributed by atoms with Crippen LogP contribution in [0.25, 0.3) is 0 Å². The molecule has 0 spiro atoms. The monoisotopic (exact) mass is 269 g/mol. The van der Waals surface area contributed by atoms with E-state index in [0.717, 1.165) is 37.8 Å². The number of hydrogen-bond acceptors (Lipinski definition) is 2. The zero-order valence-corrected chi connectivity index (χ0v) is 11.1. The molecule has 1 aromatic carbocycles. The predicted molar refractivity (Wildman–Crippen MR) is 70.7 cm³/mol. The Kier molecular flexibility index (Phi) is 4.88. The van der Waals surface area contributed by atoms with Crippen LogP contribution < -0.4 is 5.32 Å². The second-order valence-electron chi connectivity index (χ2n) is 5.56. The minimum Gasteiger partial charge on any atom is -0.396 e. The standard InChI is InChI=1S/C15H21F2NO/c16-13-4-5-14(17)12(8-13)9-18-10-15(11-19)6-2-1-3-7-15/h4-5,8,18-19H,1-3,6-7,9-11H2. The molecular formula is C15H21F2NO. The quantitative estimate of drug-likeness (QED) is 0.861. The van der Waals surface area contributed by atoms with Gasteiger partial charge in [0.2, 0.25) is 0 Å². The number of aliphatic hydroxyl groups is 1. The molecule has 1 aromatic rings. The molecule has 0 unspecified atom stereocenters. The molecule has 0 amide bonds. The van der Waals surface area contributed by atoms with Crippen LogP contribution in [-0.4, -0.2) is 18.3 Å². The molecule has 0 heterocycles. The van der Waals surface area contributed by atoms with Gasteiger partial charge in [-0.05, 0) is 31.0 Å². The molecule has 2 nitrogen and oxygen atoms in total. The molecule has 106 valence electrons. The third kappa shape index (κ3) is 3.74. The molecule has 4 heteroatoms. The minimum absolute atomic E-state index is 0.0813. The lowest BCUT2D eigenvalue weighted by Gasteiger charge is -2.35. The van der Waals surface area contributed by atoms with Gasteiger partial charge in [-0.3, -0.25) is 0 Å². The number of rotatable bonds is 5. The van der Waals surface area contributed by atoms with Gasteiger partial charge in [0.05, 0.1) is 0 Å². The second-order valence-corrected chi connectivity index (χ2v) is 5.56. The number of aliphatic hydroxyl groups excluding tert-OH is 1. The lowest BCUT2D eigenvalue weighted by molar-refractivity contribution is 0.0810. The largest absolute Gasteiger partial charge is 0.396 e. The van der Waals surface area contributed by atoms with E-state index >= 15 is 0 Å². The van der Waals surface area contributed by atoms with Crippen molar-refractivity contribution in [3.8, 4) is 0 Å². The van der Waals surface area contributed by atoms with Gasteiger partial charge in [0.15, 0.2) is 0 Å². The summed E-state index contributed by atoms with van der Waals surface area (Å²) in [4.78, 5) is 0. The van der Waals surface area contributed by atoms with Crippen molar-refractivity contribution in [1.82, 2.24) is 5.32 Å². The summed E-state index contributed by atoms with van der Waals surface area (Å²) in [5, 5.41) is 12.7. The summed E-state index contributed by atoms with van der Waals surface area (Å²) in [5.41, 5.74) is 0.256. The number of nitrogens with one attached hydrogen (secondary N) is 1. The van der Waals surface area contributed by atoms with Crippen LogP contribution in [-0.2, 0) is 6.54 Å². The summed E-state index contributed by atoms with van der Waals surface area (Å²) in [5.74, 6) is -0.816. The first-order chi connectivity index (χ1) is 9.15. The van der Waals surface area contributed by atoms with Crippen molar-refractivity contribution in [2.24, 2.45) is 5.41 Å². The Labute approximate surface area is 112 Å². The van der Waals surface area contributed by atoms with Crippen LogP contribution in [0.3, 0.4) is 0 Å². The fourth-order valence-electron chi connectivity index (χ4n) is 2.83. The Morgan fingerprint density at radius 1 is 1.16 bits per heavy atom. The molecule has 0 atom stereocenters. The zero-order valence-electron chi connectivity index (χ0n) is 11.1. The van der Waals surface area contributed by atoms with E-state index in [1.807, 2.05) is 0 Å². The van der Waals surface area contributed by atoms with Gasteiger partial charge in [-0.15, -0.1) is 0 Å². The highest BCUT2D eigenvalue weighted by Gasteiger charge is 2.30. The molecule has 0 bridgehead atoms. The lowest BCUT2D eigenvalue weighted by atomic mass is 9.74. The van der Waals surface area contributed by atoms with Gasteiger partial charge >= 0.3 is 0 Å². The summed E-state index contributed by atoms with van der Waals surface area (Å²) in [7, 11) is 0. The van der Waals surface area contributed by atoms with Gasteiger partial charge in [0.1, 0.15) is 11.6 Å². The van der Waals surface area contributed by atoms with Crippen molar-refractivity contribution in [3.63, 3.8) is 0 Å². The maximum atomic E-state index is 13.5. The topological polar surface area (TPSA) is 32.3 Å². The first-order valence-electron chi connectivity index (χ1n) is 6.91. The molecule has 2 N–H and O–H groups in total. The Hall–Kier alpha value is -1.00. The van der Waals surface area contributed by atoms with Gasteiger partial charge < -0.3 is 10.4 Å². The summed E-state index contributed by atoms with van der Waals surface area (Å²) >= 11 is 0. The summed E-state index contributed by atoms with van der Waals surface area (Å²) in [6.07, 6.45) is 5.50. The summed E-state index contributed by atoms with van der Waals surface area (Å²) in [6, 6.07) is 3.48. The minimum atomic E-state index is -0.423. The molecule has 0 aromatic heterocycles. The molecule has 0 aliphatic heterocycles. The van der Waals surface area contributed by atoms with Crippen LogP contribution >= 0.6 is 0 Å². The van der Waals surface area contributed by atoms with Crippen molar-refractivity contribution >= 4 is 0 Å². The van der Waals surface area contributed by atoms with Crippen LogP contribution in [0.5, 0.6) is 0 Å². The van der Waals surface area contributed by atoms with Crippen molar-refractivity contribution in [3.05, 3.63) is 35.4 Å². The van der Waals surface area contributed by atoms with E-state index in [9.17, 15) is 13.9 Å². The highest BCUT2D eigenvalue weighted by Crippen LogP contribution is 2.35. The predicted octanol–water partition coefficient (Wildman–Crippen LogP) is 3.00. The van der Waals surface area contributed by atoms with Gasteiger partial charge in [-0.25, -0.2) is 8.78 Å². The van der Waals surface area contributed by atoms with Gasteiger partial charge in [0.25, 0.3) is 0 Å². The molecule has 0 saturated heterocycles. The van der Waals surface area contributed by atoms with Crippen LogP contribution in [0, 0.1) is 17.0 Å². The Morgan fingerprint density at radius 2 is 1.89 bits per heavy atom. The van der Waals surface area contributed by atoms with E-state index in [4.69, 9.17) is 0 Å². The molecule has 1 aliphatic rings. The molecule has 1 fully saturated rings. The van der Waals surface area contributed by atoms with Gasteiger partial charge in [-0.2, -0.15) is 0 Å². The summed E-state index contributed by atoms with van der Waals surface area (Å²) < 4.78 is 26.5. The SMILES string of the molecule is OCC1(CNCc2cc(F)ccc2F)CCCCC1. The van der Waals surface area contributed by atoms with Crippen molar-refractivity contribution in [2.75, 3.05) is 13.2 Å². The highest BCUT2D eigenvalue weighted by molar-refractivity contribution is 5.18. The van der Waals surface area contributed by atoms with Crippen LogP contribution in [0.15, 0.2) is 18.2 Å². The Morgan fingerprint density at radius 3 is 2.58 bits per heavy atom.